The lowest BCUT2D eigenvalue weighted by molar-refractivity contribution is -0.394. The molecule has 18 heteroatoms. The van der Waals surface area contributed by atoms with Crippen LogP contribution >= 0.6 is 0 Å². The van der Waals surface area contributed by atoms with E-state index < -0.39 is 65.5 Å². The normalized spacial score (nSPS) is 9.35. The van der Waals surface area contributed by atoms with Crippen LogP contribution in [-0.2, 0) is 0 Å². The number of nitro benzene ring substituents is 4. The third kappa shape index (κ3) is 9.36. The number of carbonyl (C=O) groups is 2. The Kier molecular flexibility index (Phi) is 11.3. The van der Waals surface area contributed by atoms with Crippen molar-refractivity contribution in [2.24, 2.45) is 0 Å². The summed E-state index contributed by atoms with van der Waals surface area (Å²) >= 11 is 0. The van der Waals surface area contributed by atoms with E-state index in [-0.39, 0.29) is 13.2 Å². The molecule has 0 radical (unpaired) electrons. The smallest absolute Gasteiger partial charge is 0.336 e. The lowest BCUT2D eigenvalue weighted by Gasteiger charge is -1.96. The molecule has 2 aromatic carbocycles. The summed E-state index contributed by atoms with van der Waals surface area (Å²) in [6.07, 6.45) is 0. The van der Waals surface area contributed by atoms with Crippen LogP contribution in [0.4, 0.5) is 22.7 Å². The van der Waals surface area contributed by atoms with Crippen molar-refractivity contribution in [2.45, 2.75) is 0 Å². The highest BCUT2D eigenvalue weighted by molar-refractivity contribution is 5.90. The molecule has 0 heterocycles. The first-order valence-corrected chi connectivity index (χ1v) is 8.31. The zero-order valence-electron chi connectivity index (χ0n) is 16.5. The summed E-state index contributed by atoms with van der Waals surface area (Å²) < 4.78 is 0. The van der Waals surface area contributed by atoms with E-state index in [0.29, 0.717) is 12.1 Å². The average Bonchev–Trinajstić information content (AvgIpc) is 2.78. The maximum Gasteiger partial charge on any atom is 0.336 e. The second kappa shape index (κ2) is 13.3. The lowest BCUT2D eigenvalue weighted by atomic mass is 10.2. The van der Waals surface area contributed by atoms with Crippen LogP contribution in [0.15, 0.2) is 36.4 Å². The number of nitrogens with zero attached hydrogens (tertiary/aromatic N) is 4. The summed E-state index contributed by atoms with van der Waals surface area (Å²) in [5, 5.41) is 73.7. The van der Waals surface area contributed by atoms with Crippen molar-refractivity contribution in [1.82, 2.24) is 0 Å². The van der Waals surface area contributed by atoms with Gasteiger partial charge < -0.3 is 20.4 Å². The van der Waals surface area contributed by atoms with Gasteiger partial charge in [-0.1, -0.05) is 0 Å². The molecular formula is C16H14N4O14. The summed E-state index contributed by atoms with van der Waals surface area (Å²) in [4.78, 5) is 58.8. The van der Waals surface area contributed by atoms with Crippen LogP contribution in [0.2, 0.25) is 0 Å². The Hall–Kier alpha value is -5.10. The summed E-state index contributed by atoms with van der Waals surface area (Å²) in [5.74, 6) is -2.91. The van der Waals surface area contributed by atoms with Gasteiger partial charge in [-0.25, -0.2) is 9.59 Å². The van der Waals surface area contributed by atoms with E-state index in [1.165, 1.54) is 0 Å². The van der Waals surface area contributed by atoms with E-state index in [1.54, 1.807) is 0 Å². The minimum Gasteiger partial charge on any atom is -0.478 e. The van der Waals surface area contributed by atoms with Crippen molar-refractivity contribution >= 4 is 34.7 Å². The fraction of sp³-hybridized carbons (Fsp3) is 0.125. The highest BCUT2D eigenvalue weighted by atomic mass is 16.6. The van der Waals surface area contributed by atoms with Gasteiger partial charge in [-0.3, -0.25) is 40.5 Å². The molecule has 0 aliphatic heterocycles. The Morgan fingerprint density at radius 3 is 0.882 bits per heavy atom. The van der Waals surface area contributed by atoms with Gasteiger partial charge in [0.05, 0.1) is 56.2 Å². The largest absolute Gasteiger partial charge is 0.478 e. The topological polar surface area (TPSA) is 288 Å². The summed E-state index contributed by atoms with van der Waals surface area (Å²) in [5.41, 5.74) is -3.47. The van der Waals surface area contributed by atoms with Gasteiger partial charge >= 0.3 is 11.9 Å². The lowest BCUT2D eigenvalue weighted by Crippen LogP contribution is -2.00. The number of aliphatic hydroxyl groups is 2. The van der Waals surface area contributed by atoms with E-state index in [9.17, 15) is 50.0 Å². The molecule has 2 rings (SSSR count). The molecule has 182 valence electrons. The Labute approximate surface area is 186 Å². The number of rotatable bonds is 7. The highest BCUT2D eigenvalue weighted by Crippen LogP contribution is 2.23. The maximum atomic E-state index is 10.5. The summed E-state index contributed by atoms with van der Waals surface area (Å²) in [6.45, 7) is -0.250. The van der Waals surface area contributed by atoms with Crippen molar-refractivity contribution in [3.05, 3.63) is 88.0 Å². The maximum absolute atomic E-state index is 10.5. The number of nitro groups is 4. The fourth-order valence-electron chi connectivity index (χ4n) is 1.86. The number of hydrogen-bond acceptors (Lipinski definition) is 12. The molecular weight excluding hydrogens is 472 g/mol. The number of carboxylic acids is 2. The Morgan fingerprint density at radius 2 is 0.765 bits per heavy atom. The molecule has 34 heavy (non-hydrogen) atoms. The SMILES string of the molecule is O=C(O)c1cc([N+](=O)[O-])cc([N+](=O)[O-])c1.O=C(O)c1cc([N+](=O)[O-])cc([N+](=O)[O-])c1.OCCO. The molecule has 0 saturated carbocycles. The molecule has 0 aromatic heterocycles. The second-order valence-corrected chi connectivity index (χ2v) is 5.56. The molecule has 0 bridgehead atoms. The third-order valence-electron chi connectivity index (χ3n) is 3.24. The minimum absolute atomic E-state index is 0.125. The predicted molar refractivity (Wildman–Crippen MR) is 108 cm³/mol. The number of carboxylic acid groups (broad SMARTS) is 2. The van der Waals surface area contributed by atoms with Crippen molar-refractivity contribution in [2.75, 3.05) is 13.2 Å². The number of aromatic carboxylic acids is 2. The van der Waals surface area contributed by atoms with Crippen LogP contribution in [0.3, 0.4) is 0 Å². The van der Waals surface area contributed by atoms with E-state index in [0.717, 1.165) is 24.3 Å². The van der Waals surface area contributed by atoms with Crippen LogP contribution in [0.1, 0.15) is 20.7 Å². The van der Waals surface area contributed by atoms with E-state index >= 15 is 0 Å². The molecule has 4 N–H and O–H groups in total. The number of hydrogen-bond donors (Lipinski definition) is 4. The first-order valence-electron chi connectivity index (χ1n) is 8.31. The zero-order chi connectivity index (χ0) is 26.6. The molecule has 18 nitrogen and oxygen atoms in total. The molecule has 0 amide bonds. The summed E-state index contributed by atoms with van der Waals surface area (Å²) in [7, 11) is 0. The molecule has 0 fully saturated rings. The highest BCUT2D eigenvalue weighted by Gasteiger charge is 2.20. The van der Waals surface area contributed by atoms with Gasteiger partial charge in [0.25, 0.3) is 22.7 Å². The van der Waals surface area contributed by atoms with E-state index in [4.69, 9.17) is 20.4 Å². The van der Waals surface area contributed by atoms with Crippen LogP contribution in [0.5, 0.6) is 0 Å². The van der Waals surface area contributed by atoms with Crippen molar-refractivity contribution in [1.29, 1.82) is 0 Å². The van der Waals surface area contributed by atoms with Crippen molar-refractivity contribution in [3.8, 4) is 0 Å². The van der Waals surface area contributed by atoms with Crippen molar-refractivity contribution < 1.29 is 49.7 Å². The quantitative estimate of drug-likeness (QED) is 0.317. The molecule has 0 atom stereocenters. The standard InChI is InChI=1S/2C7H4N2O6.C2H6O2/c2*10-7(11)4-1-5(8(12)13)3-6(2-4)9(14)15;3-1-2-4/h2*1-3H,(H,10,11);3-4H,1-2H2. The Bertz CT molecular complexity index is 871. The minimum atomic E-state index is -1.46. The molecule has 0 saturated heterocycles. The van der Waals surface area contributed by atoms with Crippen LogP contribution in [-0.4, -0.2) is 65.3 Å². The number of non-ortho nitro benzene ring substituents is 4. The Morgan fingerprint density at radius 1 is 0.559 bits per heavy atom. The number of aliphatic hydroxyl groups excluding tert-OH is 2. The average molecular weight is 486 g/mol. The molecule has 0 aliphatic rings. The number of benzene rings is 2. The summed E-state index contributed by atoms with van der Waals surface area (Å²) in [6, 6.07) is 4.44. The van der Waals surface area contributed by atoms with Gasteiger partial charge in [-0.2, -0.15) is 0 Å². The predicted octanol–water partition coefficient (Wildman–Crippen LogP) is 1.37. The van der Waals surface area contributed by atoms with Crippen molar-refractivity contribution in [3.63, 3.8) is 0 Å². The van der Waals surface area contributed by atoms with Gasteiger partial charge in [-0.15, -0.1) is 0 Å². The fourth-order valence-corrected chi connectivity index (χ4v) is 1.86. The third-order valence-corrected chi connectivity index (χ3v) is 3.24. The molecule has 0 spiro atoms. The Balaban J connectivity index is 0.000000554. The van der Waals surface area contributed by atoms with Gasteiger partial charge in [0.1, 0.15) is 0 Å². The van der Waals surface area contributed by atoms with E-state index in [2.05, 4.69) is 0 Å². The van der Waals surface area contributed by atoms with Crippen LogP contribution in [0, 0.1) is 40.5 Å². The van der Waals surface area contributed by atoms with Gasteiger partial charge in [0.15, 0.2) is 0 Å². The van der Waals surface area contributed by atoms with Gasteiger partial charge in [0, 0.05) is 24.3 Å². The first-order chi connectivity index (χ1) is 15.7. The van der Waals surface area contributed by atoms with Crippen LogP contribution < -0.4 is 0 Å². The first kappa shape index (κ1) is 28.9. The van der Waals surface area contributed by atoms with Crippen LogP contribution in [0.25, 0.3) is 0 Å². The second-order valence-electron chi connectivity index (χ2n) is 5.56. The molecule has 2 aromatic rings. The molecule has 0 aliphatic carbocycles. The van der Waals surface area contributed by atoms with Gasteiger partial charge in [0.2, 0.25) is 0 Å². The molecule has 0 unspecified atom stereocenters. The van der Waals surface area contributed by atoms with Gasteiger partial charge in [-0.05, 0) is 0 Å². The van der Waals surface area contributed by atoms with E-state index in [1.807, 2.05) is 0 Å². The zero-order valence-corrected chi connectivity index (χ0v) is 16.5. The monoisotopic (exact) mass is 486 g/mol.